The zero-order valence-corrected chi connectivity index (χ0v) is 13.0. The number of aromatic nitrogens is 1. The van der Waals surface area contributed by atoms with Gasteiger partial charge in [-0.1, -0.05) is 17.3 Å². The summed E-state index contributed by atoms with van der Waals surface area (Å²) in [6.45, 7) is 3.77. The largest absolute Gasteiger partial charge is 0.361 e. The Morgan fingerprint density at radius 2 is 2.24 bits per heavy atom. The van der Waals surface area contributed by atoms with Crippen LogP contribution in [0.2, 0.25) is 0 Å². The number of hydrogen-bond donors (Lipinski definition) is 0. The lowest BCUT2D eigenvalue weighted by atomic mass is 10.1. The minimum Gasteiger partial charge on any atom is -0.361 e. The fourth-order valence-electron chi connectivity index (χ4n) is 3.05. The number of aryl methyl sites for hydroxylation is 2. The van der Waals surface area contributed by atoms with Gasteiger partial charge in [-0.25, -0.2) is 4.39 Å². The molecule has 1 heterocycles. The number of halogens is 1. The quantitative estimate of drug-likeness (QED) is 0.869. The van der Waals surface area contributed by atoms with Gasteiger partial charge in [0.05, 0.1) is 10.9 Å². The lowest BCUT2D eigenvalue weighted by Crippen LogP contribution is -2.10. The van der Waals surface area contributed by atoms with Crippen LogP contribution in [0, 0.1) is 19.7 Å². The van der Waals surface area contributed by atoms with Crippen LogP contribution >= 0.6 is 0 Å². The SMILES string of the molecule is Cc1noc(C)c1CC[S@](=O)[C@@H]1CCc2c(F)cccc21. The first-order valence-corrected chi connectivity index (χ1v) is 8.52. The molecule has 112 valence electrons. The Hall–Kier alpha value is -1.49. The van der Waals surface area contributed by atoms with Gasteiger partial charge in [-0.2, -0.15) is 0 Å². The Morgan fingerprint density at radius 1 is 1.43 bits per heavy atom. The molecule has 0 radical (unpaired) electrons. The van der Waals surface area contributed by atoms with Crippen LogP contribution in [0.5, 0.6) is 0 Å². The summed E-state index contributed by atoms with van der Waals surface area (Å²) >= 11 is 0. The van der Waals surface area contributed by atoms with Gasteiger partial charge in [-0.05, 0) is 50.3 Å². The molecule has 0 fully saturated rings. The van der Waals surface area contributed by atoms with Gasteiger partial charge < -0.3 is 4.52 Å². The molecule has 1 aliphatic carbocycles. The second-order valence-electron chi connectivity index (χ2n) is 5.47. The molecule has 3 nitrogen and oxygen atoms in total. The molecule has 1 aromatic carbocycles. The van der Waals surface area contributed by atoms with Gasteiger partial charge in [0.2, 0.25) is 0 Å². The molecule has 0 N–H and O–H groups in total. The summed E-state index contributed by atoms with van der Waals surface area (Å²) in [5.41, 5.74) is 3.57. The van der Waals surface area contributed by atoms with Crippen molar-refractivity contribution in [1.29, 1.82) is 0 Å². The number of benzene rings is 1. The van der Waals surface area contributed by atoms with Crippen molar-refractivity contribution in [2.24, 2.45) is 0 Å². The fraction of sp³-hybridized carbons (Fsp3) is 0.438. The zero-order chi connectivity index (χ0) is 15.0. The summed E-state index contributed by atoms with van der Waals surface area (Å²) in [5.74, 6) is 1.18. The van der Waals surface area contributed by atoms with Crippen LogP contribution in [0.3, 0.4) is 0 Å². The molecule has 1 aliphatic rings. The van der Waals surface area contributed by atoms with Crippen molar-refractivity contribution in [2.45, 2.75) is 38.4 Å². The molecular formula is C16H18FNO2S. The van der Waals surface area contributed by atoms with Crippen molar-refractivity contribution in [2.75, 3.05) is 5.75 Å². The van der Waals surface area contributed by atoms with Crippen molar-refractivity contribution >= 4 is 10.8 Å². The predicted octanol–water partition coefficient (Wildman–Crippen LogP) is 3.41. The van der Waals surface area contributed by atoms with Crippen LogP contribution in [0.1, 0.15) is 39.8 Å². The number of nitrogens with zero attached hydrogens (tertiary/aromatic N) is 1. The first kappa shape index (κ1) is 14.4. The summed E-state index contributed by atoms with van der Waals surface area (Å²) < 4.78 is 31.4. The summed E-state index contributed by atoms with van der Waals surface area (Å²) in [6.07, 6.45) is 2.14. The lowest BCUT2D eigenvalue weighted by Gasteiger charge is -2.11. The summed E-state index contributed by atoms with van der Waals surface area (Å²) in [7, 11) is -1.00. The van der Waals surface area contributed by atoms with Gasteiger partial charge in [-0.15, -0.1) is 0 Å². The Kier molecular flexibility index (Phi) is 3.93. The molecule has 1 aromatic heterocycles. The van der Waals surface area contributed by atoms with Crippen LogP contribution in [0.4, 0.5) is 4.39 Å². The zero-order valence-electron chi connectivity index (χ0n) is 12.2. The van der Waals surface area contributed by atoms with Gasteiger partial charge >= 0.3 is 0 Å². The molecule has 0 amide bonds. The summed E-state index contributed by atoms with van der Waals surface area (Å²) in [6, 6.07) is 5.09. The normalized spacial score (nSPS) is 18.7. The van der Waals surface area contributed by atoms with E-state index in [2.05, 4.69) is 5.16 Å². The first-order chi connectivity index (χ1) is 10.1. The van der Waals surface area contributed by atoms with Crippen molar-refractivity contribution < 1.29 is 13.1 Å². The maximum atomic E-state index is 13.7. The molecule has 0 aliphatic heterocycles. The van der Waals surface area contributed by atoms with E-state index in [1.807, 2.05) is 19.9 Å². The van der Waals surface area contributed by atoms with Gasteiger partial charge in [0.15, 0.2) is 0 Å². The van der Waals surface area contributed by atoms with Crippen LogP contribution in [-0.2, 0) is 23.6 Å². The van der Waals surface area contributed by atoms with E-state index in [-0.39, 0.29) is 11.1 Å². The first-order valence-electron chi connectivity index (χ1n) is 7.14. The molecular weight excluding hydrogens is 289 g/mol. The van der Waals surface area contributed by atoms with E-state index in [1.54, 1.807) is 6.07 Å². The average Bonchev–Trinajstić information content (AvgIpc) is 3.02. The molecule has 0 bridgehead atoms. The van der Waals surface area contributed by atoms with E-state index in [9.17, 15) is 8.60 Å². The molecule has 0 saturated carbocycles. The van der Waals surface area contributed by atoms with Crippen LogP contribution in [0.15, 0.2) is 22.7 Å². The molecule has 2 atom stereocenters. The summed E-state index contributed by atoms with van der Waals surface area (Å²) in [5, 5.41) is 3.87. The Balaban J connectivity index is 1.72. The number of hydrogen-bond acceptors (Lipinski definition) is 3. The van der Waals surface area contributed by atoms with E-state index < -0.39 is 10.8 Å². The minimum atomic E-state index is -1.00. The van der Waals surface area contributed by atoms with E-state index >= 15 is 0 Å². The highest BCUT2D eigenvalue weighted by atomic mass is 32.2. The molecule has 2 aromatic rings. The fourth-order valence-corrected chi connectivity index (χ4v) is 4.62. The molecule has 5 heteroatoms. The second-order valence-corrected chi connectivity index (χ2v) is 7.21. The van der Waals surface area contributed by atoms with E-state index in [0.29, 0.717) is 18.6 Å². The third-order valence-corrected chi connectivity index (χ3v) is 5.94. The van der Waals surface area contributed by atoms with Crippen LogP contribution in [0.25, 0.3) is 0 Å². The Labute approximate surface area is 126 Å². The summed E-state index contributed by atoms with van der Waals surface area (Å²) in [4.78, 5) is 0. The predicted molar refractivity (Wildman–Crippen MR) is 80.2 cm³/mol. The minimum absolute atomic E-state index is 0.0452. The van der Waals surface area contributed by atoms with Crippen LogP contribution < -0.4 is 0 Å². The highest BCUT2D eigenvalue weighted by Gasteiger charge is 2.29. The monoisotopic (exact) mass is 307 g/mol. The highest BCUT2D eigenvalue weighted by molar-refractivity contribution is 7.85. The maximum absolute atomic E-state index is 13.7. The molecule has 0 saturated heterocycles. The van der Waals surface area contributed by atoms with E-state index in [1.165, 1.54) is 6.07 Å². The topological polar surface area (TPSA) is 43.1 Å². The highest BCUT2D eigenvalue weighted by Crippen LogP contribution is 2.37. The smallest absolute Gasteiger partial charge is 0.137 e. The molecule has 3 rings (SSSR count). The van der Waals surface area contributed by atoms with Gasteiger partial charge in [0.1, 0.15) is 11.6 Å². The van der Waals surface area contributed by atoms with Crippen molar-refractivity contribution in [1.82, 2.24) is 5.16 Å². The lowest BCUT2D eigenvalue weighted by molar-refractivity contribution is 0.392. The van der Waals surface area contributed by atoms with Gasteiger partial charge in [0.25, 0.3) is 0 Å². The van der Waals surface area contributed by atoms with Crippen molar-refractivity contribution in [3.05, 3.63) is 52.2 Å². The molecule has 21 heavy (non-hydrogen) atoms. The van der Waals surface area contributed by atoms with Gasteiger partial charge in [-0.3, -0.25) is 4.21 Å². The van der Waals surface area contributed by atoms with E-state index in [4.69, 9.17) is 4.52 Å². The number of fused-ring (bicyclic) bond motifs is 1. The van der Waals surface area contributed by atoms with E-state index in [0.717, 1.165) is 34.6 Å². The van der Waals surface area contributed by atoms with Crippen molar-refractivity contribution in [3.8, 4) is 0 Å². The van der Waals surface area contributed by atoms with Gasteiger partial charge in [0, 0.05) is 22.1 Å². The third kappa shape index (κ3) is 2.67. The average molecular weight is 307 g/mol. The van der Waals surface area contributed by atoms with Crippen molar-refractivity contribution in [3.63, 3.8) is 0 Å². The Bertz CT molecular complexity index is 676. The molecule has 0 spiro atoms. The molecule has 0 unspecified atom stereocenters. The van der Waals surface area contributed by atoms with Crippen LogP contribution in [-0.4, -0.2) is 15.1 Å². The second kappa shape index (κ2) is 5.72. The Morgan fingerprint density at radius 3 is 2.95 bits per heavy atom. The standard InChI is InChI=1S/C16H18FNO2S/c1-10-12(11(2)20-18-10)8-9-21(19)16-7-6-13-14(16)4-3-5-15(13)17/h3-5,16H,6-9H2,1-2H3/t16-,21+/m1/s1. The maximum Gasteiger partial charge on any atom is 0.137 e. The third-order valence-electron chi connectivity index (χ3n) is 4.21. The number of rotatable bonds is 4.